The lowest BCUT2D eigenvalue weighted by Gasteiger charge is -2.22. The quantitative estimate of drug-likeness (QED) is 0.727. The Labute approximate surface area is 158 Å². The lowest BCUT2D eigenvalue weighted by Crippen LogP contribution is -2.45. The summed E-state index contributed by atoms with van der Waals surface area (Å²) in [6.45, 7) is 2.13. The van der Waals surface area contributed by atoms with Crippen LogP contribution in [0, 0.1) is 0 Å². The number of hydrogen-bond donors (Lipinski definition) is 1. The van der Waals surface area contributed by atoms with E-state index < -0.39 is 11.9 Å². The highest BCUT2D eigenvalue weighted by molar-refractivity contribution is 5.95. The Kier molecular flexibility index (Phi) is 5.71. The van der Waals surface area contributed by atoms with E-state index >= 15 is 0 Å². The van der Waals surface area contributed by atoms with Gasteiger partial charge in [-0.25, -0.2) is 0 Å². The Balaban J connectivity index is 1.58. The molecule has 138 valence electrons. The summed E-state index contributed by atoms with van der Waals surface area (Å²) in [4.78, 5) is 26.1. The van der Waals surface area contributed by atoms with Gasteiger partial charge in [-0.1, -0.05) is 54.6 Å². The summed E-state index contributed by atoms with van der Waals surface area (Å²) in [7, 11) is 1.73. The number of benzene rings is 2. The molecule has 27 heavy (non-hydrogen) atoms. The van der Waals surface area contributed by atoms with E-state index in [0.717, 1.165) is 16.7 Å². The first kappa shape index (κ1) is 18.5. The highest BCUT2D eigenvalue weighted by Gasteiger charge is 2.21. The molecule has 5 nitrogen and oxygen atoms in total. The van der Waals surface area contributed by atoms with Gasteiger partial charge in [0.1, 0.15) is 6.04 Å². The number of carbonyl (C=O) groups excluding carboxylic acids is 2. The van der Waals surface area contributed by atoms with E-state index in [0.29, 0.717) is 6.54 Å². The number of carbonyl (C=O) groups is 2. The van der Waals surface area contributed by atoms with Crippen LogP contribution in [0.1, 0.15) is 23.0 Å². The fourth-order valence-electron chi connectivity index (χ4n) is 2.85. The average molecular weight is 362 g/mol. The average Bonchev–Trinajstić information content (AvgIpc) is 3.23. The normalized spacial score (nSPS) is 11.6. The molecule has 0 saturated carbocycles. The molecule has 0 aliphatic carbocycles. The molecule has 0 bridgehead atoms. The van der Waals surface area contributed by atoms with Crippen molar-refractivity contribution in [3.63, 3.8) is 0 Å². The number of amides is 2. The van der Waals surface area contributed by atoms with Gasteiger partial charge in [-0.15, -0.1) is 0 Å². The van der Waals surface area contributed by atoms with Crippen molar-refractivity contribution < 1.29 is 14.0 Å². The van der Waals surface area contributed by atoms with E-state index in [1.54, 1.807) is 31.0 Å². The van der Waals surface area contributed by atoms with E-state index in [4.69, 9.17) is 4.42 Å². The van der Waals surface area contributed by atoms with Crippen LogP contribution in [0.2, 0.25) is 0 Å². The minimum absolute atomic E-state index is 0.165. The molecule has 0 aliphatic rings. The maximum atomic E-state index is 12.5. The summed E-state index contributed by atoms with van der Waals surface area (Å²) in [5.41, 5.74) is 3.31. The molecule has 0 saturated heterocycles. The van der Waals surface area contributed by atoms with Crippen molar-refractivity contribution in [2.24, 2.45) is 0 Å². The van der Waals surface area contributed by atoms with Gasteiger partial charge >= 0.3 is 0 Å². The molecule has 5 heteroatoms. The minimum atomic E-state index is -0.642. The number of nitrogens with zero attached hydrogens (tertiary/aromatic N) is 1. The van der Waals surface area contributed by atoms with Gasteiger partial charge in [0.15, 0.2) is 5.76 Å². The molecule has 1 unspecified atom stereocenters. The molecule has 1 aromatic heterocycles. The minimum Gasteiger partial charge on any atom is -0.459 e. The molecule has 2 aromatic carbocycles. The monoisotopic (exact) mass is 362 g/mol. The van der Waals surface area contributed by atoms with Gasteiger partial charge in [-0.2, -0.15) is 0 Å². The molecule has 1 heterocycles. The Hall–Kier alpha value is -3.34. The van der Waals surface area contributed by atoms with Crippen LogP contribution in [0.5, 0.6) is 0 Å². The maximum Gasteiger partial charge on any atom is 0.287 e. The van der Waals surface area contributed by atoms with Crippen molar-refractivity contribution in [2.45, 2.75) is 19.5 Å². The second-order valence-electron chi connectivity index (χ2n) is 6.43. The third-order valence-electron chi connectivity index (χ3n) is 4.32. The van der Waals surface area contributed by atoms with Crippen LogP contribution in [-0.2, 0) is 11.3 Å². The van der Waals surface area contributed by atoms with E-state index in [1.165, 1.54) is 6.26 Å². The van der Waals surface area contributed by atoms with E-state index in [-0.39, 0.29) is 11.7 Å². The van der Waals surface area contributed by atoms with Gasteiger partial charge in [0.2, 0.25) is 5.91 Å². The lowest BCUT2D eigenvalue weighted by atomic mass is 10.0. The molecule has 2 amide bonds. The molecule has 1 atom stereocenters. The van der Waals surface area contributed by atoms with E-state index in [1.807, 2.05) is 42.5 Å². The van der Waals surface area contributed by atoms with Crippen LogP contribution >= 0.6 is 0 Å². The Morgan fingerprint density at radius 3 is 2.26 bits per heavy atom. The summed E-state index contributed by atoms with van der Waals surface area (Å²) in [6.07, 6.45) is 1.42. The van der Waals surface area contributed by atoms with Crippen molar-refractivity contribution in [3.8, 4) is 11.1 Å². The van der Waals surface area contributed by atoms with Gasteiger partial charge < -0.3 is 14.6 Å². The third-order valence-corrected chi connectivity index (χ3v) is 4.32. The largest absolute Gasteiger partial charge is 0.459 e. The number of likely N-dealkylation sites (N-methyl/N-ethyl adjacent to an activating group) is 1. The summed E-state index contributed by atoms with van der Waals surface area (Å²) < 4.78 is 5.04. The highest BCUT2D eigenvalue weighted by Crippen LogP contribution is 2.19. The molecule has 3 aromatic rings. The summed E-state index contributed by atoms with van der Waals surface area (Å²) in [6, 6.07) is 20.8. The van der Waals surface area contributed by atoms with Gasteiger partial charge in [-0.3, -0.25) is 9.59 Å². The first-order valence-electron chi connectivity index (χ1n) is 8.78. The van der Waals surface area contributed by atoms with Crippen molar-refractivity contribution in [3.05, 3.63) is 84.3 Å². The molecular weight excluding hydrogens is 340 g/mol. The molecule has 0 aliphatic heterocycles. The van der Waals surface area contributed by atoms with Crippen molar-refractivity contribution >= 4 is 11.8 Å². The zero-order valence-corrected chi connectivity index (χ0v) is 15.4. The van der Waals surface area contributed by atoms with E-state index in [2.05, 4.69) is 17.4 Å². The highest BCUT2D eigenvalue weighted by atomic mass is 16.3. The molecule has 0 radical (unpaired) electrons. The van der Waals surface area contributed by atoms with Crippen LogP contribution in [0.25, 0.3) is 11.1 Å². The molecular formula is C22H22N2O3. The van der Waals surface area contributed by atoms with Gasteiger partial charge in [0, 0.05) is 13.6 Å². The predicted octanol–water partition coefficient (Wildman–Crippen LogP) is 3.72. The summed E-state index contributed by atoms with van der Waals surface area (Å²) >= 11 is 0. The van der Waals surface area contributed by atoms with Crippen LogP contribution in [0.3, 0.4) is 0 Å². The number of rotatable bonds is 6. The van der Waals surface area contributed by atoms with Gasteiger partial charge in [-0.05, 0) is 35.7 Å². The standard InChI is InChI=1S/C22H22N2O3/c1-16(23-21(25)20-9-6-14-27-20)22(26)24(2)15-17-10-12-19(13-11-17)18-7-4-3-5-8-18/h3-14,16H,15H2,1-2H3,(H,23,25). The van der Waals surface area contributed by atoms with Crippen molar-refractivity contribution in [2.75, 3.05) is 7.05 Å². The van der Waals surface area contributed by atoms with Crippen molar-refractivity contribution in [1.29, 1.82) is 0 Å². The summed E-state index contributed by atoms with van der Waals surface area (Å²) in [5, 5.41) is 2.66. The Morgan fingerprint density at radius 1 is 0.963 bits per heavy atom. The fourth-order valence-corrected chi connectivity index (χ4v) is 2.85. The number of furan rings is 1. The summed E-state index contributed by atoms with van der Waals surface area (Å²) in [5.74, 6) is -0.377. The second-order valence-corrected chi connectivity index (χ2v) is 6.43. The number of nitrogens with one attached hydrogen (secondary N) is 1. The third kappa shape index (κ3) is 4.64. The van der Waals surface area contributed by atoms with Gasteiger partial charge in [0.05, 0.1) is 6.26 Å². The maximum absolute atomic E-state index is 12.5. The lowest BCUT2D eigenvalue weighted by molar-refractivity contribution is -0.132. The Morgan fingerprint density at radius 2 is 1.63 bits per heavy atom. The molecule has 1 N–H and O–H groups in total. The Bertz CT molecular complexity index is 887. The second kappa shape index (κ2) is 8.36. The zero-order valence-electron chi connectivity index (χ0n) is 15.4. The van der Waals surface area contributed by atoms with Crippen LogP contribution in [0.4, 0.5) is 0 Å². The topological polar surface area (TPSA) is 62.6 Å². The fraction of sp³-hybridized carbons (Fsp3) is 0.182. The van der Waals surface area contributed by atoms with Crippen LogP contribution in [-0.4, -0.2) is 29.8 Å². The van der Waals surface area contributed by atoms with Gasteiger partial charge in [0.25, 0.3) is 5.91 Å². The van der Waals surface area contributed by atoms with Crippen molar-refractivity contribution in [1.82, 2.24) is 10.2 Å². The van der Waals surface area contributed by atoms with Crippen LogP contribution < -0.4 is 5.32 Å². The zero-order chi connectivity index (χ0) is 19.2. The SMILES string of the molecule is CC(NC(=O)c1ccco1)C(=O)N(C)Cc1ccc(-c2ccccc2)cc1. The predicted molar refractivity (Wildman–Crippen MR) is 104 cm³/mol. The first-order valence-corrected chi connectivity index (χ1v) is 8.78. The van der Waals surface area contributed by atoms with E-state index in [9.17, 15) is 9.59 Å². The molecule has 0 spiro atoms. The smallest absolute Gasteiger partial charge is 0.287 e. The number of hydrogen-bond acceptors (Lipinski definition) is 3. The molecule has 0 fully saturated rings. The van der Waals surface area contributed by atoms with Crippen LogP contribution in [0.15, 0.2) is 77.4 Å². The first-order chi connectivity index (χ1) is 13.0. The molecule has 3 rings (SSSR count).